The molecule has 31 heavy (non-hydrogen) atoms. The van der Waals surface area contributed by atoms with Crippen LogP contribution < -0.4 is 10.2 Å². The molecule has 2 saturated heterocycles. The van der Waals surface area contributed by atoms with Crippen molar-refractivity contribution < 1.29 is 4.79 Å². The predicted molar refractivity (Wildman–Crippen MR) is 125 cm³/mol. The fourth-order valence-electron chi connectivity index (χ4n) is 4.78. The second-order valence-corrected chi connectivity index (χ2v) is 8.95. The van der Waals surface area contributed by atoms with Crippen LogP contribution in [0, 0.1) is 5.92 Å². The van der Waals surface area contributed by atoms with Crippen LogP contribution in [0.3, 0.4) is 0 Å². The van der Waals surface area contributed by atoms with Crippen molar-refractivity contribution in [3.8, 4) is 11.3 Å². The van der Waals surface area contributed by atoms with Crippen LogP contribution in [-0.4, -0.2) is 59.8 Å². The van der Waals surface area contributed by atoms with Gasteiger partial charge in [0.2, 0.25) is 5.91 Å². The summed E-state index contributed by atoms with van der Waals surface area (Å²) >= 11 is 0. The summed E-state index contributed by atoms with van der Waals surface area (Å²) in [6.45, 7) is 7.02. The minimum atomic E-state index is 0.0262. The van der Waals surface area contributed by atoms with Gasteiger partial charge in [-0.05, 0) is 57.7 Å². The van der Waals surface area contributed by atoms with E-state index in [0.717, 1.165) is 56.0 Å². The van der Waals surface area contributed by atoms with E-state index < -0.39 is 0 Å². The molecule has 1 amide bonds. The van der Waals surface area contributed by atoms with Crippen LogP contribution in [0.15, 0.2) is 42.5 Å². The lowest BCUT2D eigenvalue weighted by Gasteiger charge is -2.34. The Balaban J connectivity index is 1.24. The lowest BCUT2D eigenvalue weighted by atomic mass is 9.97. The molecule has 2 aliphatic rings. The van der Waals surface area contributed by atoms with Gasteiger partial charge < -0.3 is 15.1 Å². The number of carbonyl (C=O) groups excluding carboxylic acids is 1. The molecule has 2 fully saturated rings. The molecule has 3 heterocycles. The first-order valence-corrected chi connectivity index (χ1v) is 11.9. The number of anilines is 1. The monoisotopic (exact) mass is 421 g/mol. The van der Waals surface area contributed by atoms with E-state index in [9.17, 15) is 4.79 Å². The van der Waals surface area contributed by atoms with Gasteiger partial charge in [0.15, 0.2) is 5.82 Å². The molecule has 0 unspecified atom stereocenters. The third-order valence-corrected chi connectivity index (χ3v) is 6.70. The van der Waals surface area contributed by atoms with E-state index in [1.54, 1.807) is 0 Å². The topological polar surface area (TPSA) is 61.4 Å². The summed E-state index contributed by atoms with van der Waals surface area (Å²) in [6.07, 6.45) is 6.95. The number of benzene rings is 1. The lowest BCUT2D eigenvalue weighted by molar-refractivity contribution is -0.125. The maximum atomic E-state index is 12.7. The molecular weight excluding hydrogens is 386 g/mol. The quantitative estimate of drug-likeness (QED) is 0.690. The summed E-state index contributed by atoms with van der Waals surface area (Å²) in [5.74, 6) is 1.07. The Kier molecular flexibility index (Phi) is 7.52. The molecule has 1 aromatic carbocycles. The van der Waals surface area contributed by atoms with Crippen LogP contribution in [0.4, 0.5) is 5.82 Å². The Labute approximate surface area is 186 Å². The molecule has 6 heteroatoms. The summed E-state index contributed by atoms with van der Waals surface area (Å²) in [5, 5.41) is 12.0. The molecule has 2 atom stereocenters. The summed E-state index contributed by atoms with van der Waals surface area (Å²) in [7, 11) is 0. The Bertz CT molecular complexity index is 826. The zero-order valence-electron chi connectivity index (χ0n) is 18.7. The van der Waals surface area contributed by atoms with Crippen LogP contribution >= 0.6 is 0 Å². The number of rotatable bonds is 7. The minimum absolute atomic E-state index is 0.0262. The van der Waals surface area contributed by atoms with Gasteiger partial charge in [0.05, 0.1) is 11.6 Å². The van der Waals surface area contributed by atoms with E-state index in [1.165, 1.54) is 25.8 Å². The number of amides is 1. The molecule has 2 aliphatic heterocycles. The van der Waals surface area contributed by atoms with Crippen molar-refractivity contribution in [3.05, 3.63) is 42.5 Å². The third kappa shape index (κ3) is 5.82. The molecular formula is C25H35N5O. The first-order chi connectivity index (χ1) is 15.2. The normalized spacial score (nSPS) is 22.3. The van der Waals surface area contributed by atoms with Crippen LogP contribution in [0.25, 0.3) is 11.3 Å². The highest BCUT2D eigenvalue weighted by molar-refractivity contribution is 5.79. The largest absolute Gasteiger partial charge is 0.356 e. The Hall–Kier alpha value is -2.47. The van der Waals surface area contributed by atoms with Gasteiger partial charge in [-0.15, -0.1) is 10.2 Å². The van der Waals surface area contributed by atoms with E-state index in [0.29, 0.717) is 12.6 Å². The molecule has 0 aliphatic carbocycles. The van der Waals surface area contributed by atoms with Crippen LogP contribution in [0.2, 0.25) is 0 Å². The number of aromatic nitrogens is 2. The molecule has 0 spiro atoms. The molecule has 6 nitrogen and oxygen atoms in total. The summed E-state index contributed by atoms with van der Waals surface area (Å²) in [4.78, 5) is 17.5. The molecule has 1 N–H and O–H groups in total. The fourth-order valence-corrected chi connectivity index (χ4v) is 4.78. The number of hydrogen-bond donors (Lipinski definition) is 1. The molecule has 0 radical (unpaired) electrons. The fraction of sp³-hybridized carbons (Fsp3) is 0.560. The van der Waals surface area contributed by atoms with Gasteiger partial charge >= 0.3 is 0 Å². The highest BCUT2D eigenvalue weighted by Crippen LogP contribution is 2.23. The molecule has 2 aromatic rings. The molecule has 166 valence electrons. The van der Waals surface area contributed by atoms with Crippen molar-refractivity contribution in [3.63, 3.8) is 0 Å². The van der Waals surface area contributed by atoms with E-state index in [2.05, 4.69) is 32.2 Å². The third-order valence-electron chi connectivity index (χ3n) is 6.70. The first-order valence-electron chi connectivity index (χ1n) is 11.9. The number of nitrogens with one attached hydrogen (secondary N) is 1. The maximum Gasteiger partial charge on any atom is 0.224 e. The minimum Gasteiger partial charge on any atom is -0.356 e. The molecule has 0 bridgehead atoms. The predicted octanol–water partition coefficient (Wildman–Crippen LogP) is 3.74. The van der Waals surface area contributed by atoms with Crippen LogP contribution in [0.1, 0.15) is 45.4 Å². The number of piperidine rings is 2. The second-order valence-electron chi connectivity index (χ2n) is 8.95. The van der Waals surface area contributed by atoms with E-state index in [1.807, 2.05) is 42.5 Å². The zero-order chi connectivity index (χ0) is 21.5. The van der Waals surface area contributed by atoms with Gasteiger partial charge in [-0.2, -0.15) is 0 Å². The van der Waals surface area contributed by atoms with Crippen molar-refractivity contribution in [2.45, 2.75) is 51.5 Å². The standard InChI is InChI=1S/C25H35N5O/c1-20-9-5-6-16-29(20)18-8-15-26-25(31)22-12-7-17-30(19-22)24-14-13-23(27-28-24)21-10-3-2-4-11-21/h2-4,10-11,13-14,20,22H,5-9,12,15-19H2,1H3,(H,26,31)/t20-,22+/m1/s1. The van der Waals surface area contributed by atoms with Crippen molar-refractivity contribution in [2.75, 3.05) is 37.6 Å². The average Bonchev–Trinajstić information content (AvgIpc) is 2.83. The summed E-state index contributed by atoms with van der Waals surface area (Å²) in [6, 6.07) is 14.8. The maximum absolute atomic E-state index is 12.7. The average molecular weight is 422 g/mol. The Morgan fingerprint density at radius 1 is 1.03 bits per heavy atom. The van der Waals surface area contributed by atoms with Gasteiger partial charge in [0.1, 0.15) is 0 Å². The second kappa shape index (κ2) is 10.7. The van der Waals surface area contributed by atoms with Gasteiger partial charge in [-0.1, -0.05) is 36.8 Å². The Morgan fingerprint density at radius 3 is 2.68 bits per heavy atom. The van der Waals surface area contributed by atoms with Gasteiger partial charge in [-0.3, -0.25) is 4.79 Å². The Morgan fingerprint density at radius 2 is 1.90 bits per heavy atom. The van der Waals surface area contributed by atoms with Crippen molar-refractivity contribution >= 4 is 11.7 Å². The highest BCUT2D eigenvalue weighted by atomic mass is 16.1. The number of carbonyl (C=O) groups is 1. The van der Waals surface area contributed by atoms with E-state index in [-0.39, 0.29) is 11.8 Å². The van der Waals surface area contributed by atoms with Crippen molar-refractivity contribution in [2.24, 2.45) is 5.92 Å². The van der Waals surface area contributed by atoms with Crippen molar-refractivity contribution in [1.82, 2.24) is 20.4 Å². The SMILES string of the molecule is C[C@@H]1CCCCN1CCCNC(=O)[C@H]1CCCN(c2ccc(-c3ccccc3)nn2)C1. The van der Waals surface area contributed by atoms with Gasteiger partial charge in [-0.25, -0.2) is 0 Å². The lowest BCUT2D eigenvalue weighted by Crippen LogP contribution is -2.44. The van der Waals surface area contributed by atoms with Gasteiger partial charge in [0.25, 0.3) is 0 Å². The summed E-state index contributed by atoms with van der Waals surface area (Å²) < 4.78 is 0. The van der Waals surface area contributed by atoms with E-state index >= 15 is 0 Å². The number of nitrogens with zero attached hydrogens (tertiary/aromatic N) is 4. The van der Waals surface area contributed by atoms with Crippen molar-refractivity contribution in [1.29, 1.82) is 0 Å². The van der Waals surface area contributed by atoms with Crippen LogP contribution in [-0.2, 0) is 4.79 Å². The van der Waals surface area contributed by atoms with Gasteiger partial charge in [0, 0.05) is 37.8 Å². The molecule has 0 saturated carbocycles. The zero-order valence-corrected chi connectivity index (χ0v) is 18.7. The van der Waals surface area contributed by atoms with Crippen LogP contribution in [0.5, 0.6) is 0 Å². The highest BCUT2D eigenvalue weighted by Gasteiger charge is 2.26. The van der Waals surface area contributed by atoms with E-state index in [4.69, 9.17) is 0 Å². The number of likely N-dealkylation sites (tertiary alicyclic amines) is 1. The smallest absolute Gasteiger partial charge is 0.224 e. The molecule has 1 aromatic heterocycles. The molecule has 4 rings (SSSR count). The number of hydrogen-bond acceptors (Lipinski definition) is 5. The first kappa shape index (κ1) is 21.8. The summed E-state index contributed by atoms with van der Waals surface area (Å²) in [5.41, 5.74) is 1.94.